The Kier molecular flexibility index (Phi) is 2.93. The molecule has 2 aromatic rings. The lowest BCUT2D eigenvalue weighted by molar-refractivity contribution is 0.726. The van der Waals surface area contributed by atoms with Gasteiger partial charge in [0.05, 0.1) is 0 Å². The summed E-state index contributed by atoms with van der Waals surface area (Å²) in [5, 5.41) is 9.45. The van der Waals surface area contributed by atoms with Crippen LogP contribution in [0.3, 0.4) is 0 Å². The minimum atomic E-state index is 0.145. The molecule has 0 bridgehead atoms. The summed E-state index contributed by atoms with van der Waals surface area (Å²) in [4.78, 5) is 0. The molecule has 0 fully saturated rings. The van der Waals surface area contributed by atoms with Crippen molar-refractivity contribution in [3.05, 3.63) is 24.4 Å². The number of thioether (sulfide) groups is 1. The molecule has 0 aliphatic rings. The topological polar surface area (TPSA) is 56.2 Å². The van der Waals surface area contributed by atoms with E-state index in [1.165, 1.54) is 0 Å². The predicted octanol–water partition coefficient (Wildman–Crippen LogP) is 1.56. The molecule has 2 rings (SSSR count). The molecule has 0 radical (unpaired) electrons. The molecule has 0 saturated heterocycles. The monoisotopic (exact) mass is 222 g/mol. The van der Waals surface area contributed by atoms with Crippen LogP contribution in [0, 0.1) is 0 Å². The minimum Gasteiger partial charge on any atom is -0.327 e. The number of hydrogen-bond donors (Lipinski definition) is 1. The Morgan fingerprint density at radius 2 is 2.13 bits per heavy atom. The van der Waals surface area contributed by atoms with Gasteiger partial charge in [0.15, 0.2) is 10.8 Å². The standard InChI is InChI=1S/C10H14N4S/c1-7(11)8(2)15-10-13-12-9-5-3-4-6-14(9)10/h3-8H,11H2,1-2H3. The molecule has 2 atom stereocenters. The maximum absolute atomic E-state index is 5.82. The van der Waals surface area contributed by atoms with Gasteiger partial charge in [0.25, 0.3) is 0 Å². The number of hydrogen-bond acceptors (Lipinski definition) is 4. The van der Waals surface area contributed by atoms with Gasteiger partial charge in [-0.15, -0.1) is 10.2 Å². The summed E-state index contributed by atoms with van der Waals surface area (Å²) < 4.78 is 1.98. The Balaban J connectivity index is 2.29. The quantitative estimate of drug-likeness (QED) is 0.801. The highest BCUT2D eigenvalue weighted by atomic mass is 32.2. The van der Waals surface area contributed by atoms with Gasteiger partial charge < -0.3 is 5.73 Å². The van der Waals surface area contributed by atoms with Crippen molar-refractivity contribution < 1.29 is 0 Å². The fraction of sp³-hybridized carbons (Fsp3) is 0.400. The maximum Gasteiger partial charge on any atom is 0.195 e. The molecule has 4 nitrogen and oxygen atoms in total. The molecule has 2 heterocycles. The lowest BCUT2D eigenvalue weighted by atomic mass is 10.3. The zero-order valence-electron chi connectivity index (χ0n) is 8.79. The molecule has 5 heteroatoms. The highest BCUT2D eigenvalue weighted by Gasteiger charge is 2.13. The molecule has 0 amide bonds. The van der Waals surface area contributed by atoms with Gasteiger partial charge in [-0.2, -0.15) is 0 Å². The van der Waals surface area contributed by atoms with Crippen LogP contribution in [0.25, 0.3) is 5.65 Å². The molecule has 80 valence electrons. The normalized spacial score (nSPS) is 15.4. The third kappa shape index (κ3) is 2.13. The van der Waals surface area contributed by atoms with Crippen LogP contribution in [-0.2, 0) is 0 Å². The summed E-state index contributed by atoms with van der Waals surface area (Å²) >= 11 is 1.65. The van der Waals surface area contributed by atoms with E-state index < -0.39 is 0 Å². The first-order chi connectivity index (χ1) is 7.18. The van der Waals surface area contributed by atoms with Gasteiger partial charge in [0.1, 0.15) is 0 Å². The number of fused-ring (bicyclic) bond motifs is 1. The average molecular weight is 222 g/mol. The smallest absolute Gasteiger partial charge is 0.195 e. The predicted molar refractivity (Wildman–Crippen MR) is 62.0 cm³/mol. The first-order valence-corrected chi connectivity index (χ1v) is 5.78. The average Bonchev–Trinajstić information content (AvgIpc) is 2.62. The Morgan fingerprint density at radius 1 is 1.33 bits per heavy atom. The van der Waals surface area contributed by atoms with Crippen molar-refractivity contribution in [2.24, 2.45) is 5.73 Å². The van der Waals surface area contributed by atoms with Gasteiger partial charge >= 0.3 is 0 Å². The summed E-state index contributed by atoms with van der Waals surface area (Å²) in [5.41, 5.74) is 6.69. The number of nitrogens with zero attached hydrogens (tertiary/aromatic N) is 3. The van der Waals surface area contributed by atoms with Gasteiger partial charge in [-0.1, -0.05) is 24.8 Å². The van der Waals surface area contributed by atoms with Crippen LogP contribution < -0.4 is 5.73 Å². The fourth-order valence-electron chi connectivity index (χ4n) is 1.17. The van der Waals surface area contributed by atoms with E-state index in [2.05, 4.69) is 17.1 Å². The van der Waals surface area contributed by atoms with Crippen LogP contribution in [0.5, 0.6) is 0 Å². The summed E-state index contributed by atoms with van der Waals surface area (Å²) in [6.45, 7) is 4.10. The van der Waals surface area contributed by atoms with Gasteiger partial charge in [-0.25, -0.2) is 0 Å². The van der Waals surface area contributed by atoms with E-state index in [0.29, 0.717) is 5.25 Å². The van der Waals surface area contributed by atoms with Gasteiger partial charge in [0, 0.05) is 17.5 Å². The summed E-state index contributed by atoms with van der Waals surface area (Å²) in [7, 11) is 0. The molecule has 0 aliphatic heterocycles. The molecular weight excluding hydrogens is 208 g/mol. The van der Waals surface area contributed by atoms with Crippen LogP contribution >= 0.6 is 11.8 Å². The van der Waals surface area contributed by atoms with Crippen LogP contribution in [-0.4, -0.2) is 25.9 Å². The molecule has 0 saturated carbocycles. The second kappa shape index (κ2) is 4.20. The Labute approximate surface area is 92.9 Å². The third-order valence-electron chi connectivity index (χ3n) is 2.31. The van der Waals surface area contributed by atoms with E-state index in [-0.39, 0.29) is 6.04 Å². The number of nitrogens with two attached hydrogens (primary N) is 1. The van der Waals surface area contributed by atoms with E-state index in [9.17, 15) is 0 Å². The lowest BCUT2D eigenvalue weighted by Gasteiger charge is -2.12. The molecule has 2 unspecified atom stereocenters. The lowest BCUT2D eigenvalue weighted by Crippen LogP contribution is -2.26. The van der Waals surface area contributed by atoms with Crippen LogP contribution in [0.1, 0.15) is 13.8 Å². The molecule has 2 aromatic heterocycles. The summed E-state index contributed by atoms with van der Waals surface area (Å²) in [5.74, 6) is 0. The van der Waals surface area contributed by atoms with Gasteiger partial charge in [-0.05, 0) is 19.1 Å². The molecular formula is C10H14N4S. The fourth-order valence-corrected chi connectivity index (χ4v) is 2.08. The first kappa shape index (κ1) is 10.4. The van der Waals surface area contributed by atoms with Crippen molar-refractivity contribution in [1.29, 1.82) is 0 Å². The molecule has 0 aromatic carbocycles. The number of pyridine rings is 1. The Bertz CT molecular complexity index is 451. The second-order valence-electron chi connectivity index (χ2n) is 3.59. The van der Waals surface area contributed by atoms with E-state index >= 15 is 0 Å². The van der Waals surface area contributed by atoms with Crippen molar-refractivity contribution in [3.8, 4) is 0 Å². The van der Waals surface area contributed by atoms with Crippen LogP contribution in [0.2, 0.25) is 0 Å². The van der Waals surface area contributed by atoms with E-state index in [0.717, 1.165) is 10.8 Å². The van der Waals surface area contributed by atoms with Crippen molar-refractivity contribution in [2.45, 2.75) is 30.3 Å². The second-order valence-corrected chi connectivity index (χ2v) is 4.94. The Hall–Kier alpha value is -1.07. The van der Waals surface area contributed by atoms with Gasteiger partial charge in [-0.3, -0.25) is 4.40 Å². The van der Waals surface area contributed by atoms with E-state index in [4.69, 9.17) is 5.73 Å². The van der Waals surface area contributed by atoms with E-state index in [1.807, 2.05) is 35.7 Å². The minimum absolute atomic E-state index is 0.145. The molecule has 0 spiro atoms. The van der Waals surface area contributed by atoms with Crippen molar-refractivity contribution in [1.82, 2.24) is 14.6 Å². The Morgan fingerprint density at radius 3 is 2.87 bits per heavy atom. The third-order valence-corrected chi connectivity index (χ3v) is 3.60. The maximum atomic E-state index is 5.82. The van der Waals surface area contributed by atoms with Crippen molar-refractivity contribution in [3.63, 3.8) is 0 Å². The number of aromatic nitrogens is 3. The first-order valence-electron chi connectivity index (χ1n) is 4.90. The SMILES string of the molecule is CC(N)C(C)Sc1nnc2ccccn12. The zero-order chi connectivity index (χ0) is 10.8. The molecule has 2 N–H and O–H groups in total. The highest BCUT2D eigenvalue weighted by Crippen LogP contribution is 2.22. The summed E-state index contributed by atoms with van der Waals surface area (Å²) in [6.07, 6.45) is 1.96. The highest BCUT2D eigenvalue weighted by molar-refractivity contribution is 7.99. The molecule has 0 aliphatic carbocycles. The van der Waals surface area contributed by atoms with Gasteiger partial charge in [0.2, 0.25) is 0 Å². The van der Waals surface area contributed by atoms with Crippen LogP contribution in [0.4, 0.5) is 0 Å². The van der Waals surface area contributed by atoms with Crippen molar-refractivity contribution >= 4 is 17.4 Å². The zero-order valence-corrected chi connectivity index (χ0v) is 9.61. The number of rotatable bonds is 3. The van der Waals surface area contributed by atoms with Crippen LogP contribution in [0.15, 0.2) is 29.6 Å². The molecule has 15 heavy (non-hydrogen) atoms. The summed E-state index contributed by atoms with van der Waals surface area (Å²) in [6, 6.07) is 6.00. The van der Waals surface area contributed by atoms with Crippen molar-refractivity contribution in [2.75, 3.05) is 0 Å². The van der Waals surface area contributed by atoms with E-state index in [1.54, 1.807) is 11.8 Å². The largest absolute Gasteiger partial charge is 0.327 e.